The first kappa shape index (κ1) is 16.1. The molecule has 24 heavy (non-hydrogen) atoms. The Balaban J connectivity index is 1.54. The van der Waals surface area contributed by atoms with Crippen LogP contribution in [0, 0.1) is 5.82 Å². The number of benzene rings is 1. The van der Waals surface area contributed by atoms with Crippen LogP contribution in [0.5, 0.6) is 0 Å². The van der Waals surface area contributed by atoms with Gasteiger partial charge in [-0.1, -0.05) is 12.1 Å². The maximum atomic E-state index is 12.8. The monoisotopic (exact) mass is 343 g/mol. The van der Waals surface area contributed by atoms with E-state index in [2.05, 4.69) is 5.32 Å². The van der Waals surface area contributed by atoms with Gasteiger partial charge in [0.1, 0.15) is 5.82 Å². The molecule has 0 saturated heterocycles. The number of ketones is 1. The molecule has 3 aromatic rings. The molecule has 0 fully saturated rings. The first-order valence-electron chi connectivity index (χ1n) is 7.30. The molecule has 0 aliphatic carbocycles. The molecule has 0 aliphatic rings. The molecular weight excluding hydrogens is 329 g/mol. The van der Waals surface area contributed by atoms with Gasteiger partial charge in [-0.2, -0.15) is 0 Å². The average Bonchev–Trinajstić information content (AvgIpc) is 3.26. The predicted octanol–water partition coefficient (Wildman–Crippen LogP) is 3.57. The van der Waals surface area contributed by atoms with Crippen molar-refractivity contribution in [3.05, 3.63) is 81.7 Å². The molecular formula is C18H14FNO3S. The van der Waals surface area contributed by atoms with Crippen LogP contribution in [-0.2, 0) is 17.8 Å². The highest BCUT2D eigenvalue weighted by atomic mass is 32.1. The number of hydrogen-bond acceptors (Lipinski definition) is 4. The maximum absolute atomic E-state index is 12.8. The third-order valence-corrected chi connectivity index (χ3v) is 4.45. The van der Waals surface area contributed by atoms with Crippen molar-refractivity contribution in [2.24, 2.45) is 0 Å². The van der Waals surface area contributed by atoms with Gasteiger partial charge in [-0.05, 0) is 42.0 Å². The number of rotatable bonds is 6. The van der Waals surface area contributed by atoms with E-state index in [1.54, 1.807) is 36.4 Å². The van der Waals surface area contributed by atoms with Gasteiger partial charge in [0.15, 0.2) is 5.76 Å². The van der Waals surface area contributed by atoms with E-state index in [0.29, 0.717) is 17.2 Å². The standard InChI is InChI=1S/C18H14FNO3S/c19-13-5-3-12(4-6-13)10-17(21)20-11-14-7-8-16(24-14)18(22)15-2-1-9-23-15/h1-9H,10-11H2,(H,20,21). The number of nitrogens with one attached hydrogen (secondary N) is 1. The lowest BCUT2D eigenvalue weighted by Crippen LogP contribution is -2.24. The van der Waals surface area contributed by atoms with Crippen LogP contribution in [0.25, 0.3) is 0 Å². The van der Waals surface area contributed by atoms with Crippen molar-refractivity contribution in [3.63, 3.8) is 0 Å². The first-order chi connectivity index (χ1) is 11.6. The minimum atomic E-state index is -0.327. The summed E-state index contributed by atoms with van der Waals surface area (Å²) in [6.07, 6.45) is 1.64. The molecule has 0 atom stereocenters. The molecule has 0 radical (unpaired) electrons. The summed E-state index contributed by atoms with van der Waals surface area (Å²) < 4.78 is 17.9. The second-order valence-electron chi connectivity index (χ2n) is 5.15. The van der Waals surface area contributed by atoms with Crippen LogP contribution >= 0.6 is 11.3 Å². The summed E-state index contributed by atoms with van der Waals surface area (Å²) in [7, 11) is 0. The van der Waals surface area contributed by atoms with E-state index in [4.69, 9.17) is 4.42 Å². The highest BCUT2D eigenvalue weighted by Crippen LogP contribution is 2.20. The van der Waals surface area contributed by atoms with Crippen LogP contribution in [0.4, 0.5) is 4.39 Å². The van der Waals surface area contributed by atoms with Gasteiger partial charge in [-0.3, -0.25) is 9.59 Å². The van der Waals surface area contributed by atoms with E-state index in [1.807, 2.05) is 0 Å². The van der Waals surface area contributed by atoms with Gasteiger partial charge in [0.25, 0.3) is 0 Å². The largest absolute Gasteiger partial charge is 0.461 e. The average molecular weight is 343 g/mol. The number of amides is 1. The van der Waals surface area contributed by atoms with Crippen molar-refractivity contribution >= 4 is 23.0 Å². The number of hydrogen-bond donors (Lipinski definition) is 1. The first-order valence-corrected chi connectivity index (χ1v) is 8.11. The summed E-state index contributed by atoms with van der Waals surface area (Å²) >= 11 is 1.32. The highest BCUT2D eigenvalue weighted by molar-refractivity contribution is 7.14. The van der Waals surface area contributed by atoms with Crippen LogP contribution in [0.1, 0.15) is 25.9 Å². The zero-order valence-electron chi connectivity index (χ0n) is 12.6. The number of thiophene rings is 1. The Kier molecular flexibility index (Phi) is 4.86. The van der Waals surface area contributed by atoms with Gasteiger partial charge >= 0.3 is 0 Å². The molecule has 0 aliphatic heterocycles. The molecule has 0 unspecified atom stereocenters. The Bertz CT molecular complexity index is 838. The lowest BCUT2D eigenvalue weighted by atomic mass is 10.1. The summed E-state index contributed by atoms with van der Waals surface area (Å²) in [5.74, 6) is -0.363. The molecule has 3 rings (SSSR count). The van der Waals surface area contributed by atoms with E-state index in [1.165, 1.54) is 29.7 Å². The summed E-state index contributed by atoms with van der Waals surface area (Å²) in [6, 6.07) is 12.6. The summed E-state index contributed by atoms with van der Waals surface area (Å²) in [5.41, 5.74) is 0.744. The Labute approximate surface area is 141 Å². The molecule has 4 nitrogen and oxygen atoms in total. The second kappa shape index (κ2) is 7.23. The topological polar surface area (TPSA) is 59.3 Å². The third kappa shape index (κ3) is 3.97. The van der Waals surface area contributed by atoms with Crippen LogP contribution in [0.15, 0.2) is 59.2 Å². The smallest absolute Gasteiger partial charge is 0.238 e. The van der Waals surface area contributed by atoms with Crippen LogP contribution in [-0.4, -0.2) is 11.7 Å². The Morgan fingerprint density at radius 1 is 1.08 bits per heavy atom. The quantitative estimate of drug-likeness (QED) is 0.696. The van der Waals surface area contributed by atoms with Gasteiger partial charge in [0.05, 0.1) is 24.1 Å². The summed E-state index contributed by atoms with van der Waals surface area (Å²) in [5, 5.41) is 2.79. The van der Waals surface area contributed by atoms with Gasteiger partial charge in [0, 0.05) is 4.88 Å². The van der Waals surface area contributed by atoms with Crippen molar-refractivity contribution in [1.29, 1.82) is 0 Å². The summed E-state index contributed by atoms with van der Waals surface area (Å²) in [4.78, 5) is 25.5. The fraction of sp³-hybridized carbons (Fsp3) is 0.111. The number of carbonyl (C=O) groups is 2. The van der Waals surface area contributed by atoms with Gasteiger partial charge in [0.2, 0.25) is 11.7 Å². The van der Waals surface area contributed by atoms with Crippen molar-refractivity contribution in [3.8, 4) is 0 Å². The van der Waals surface area contributed by atoms with Gasteiger partial charge < -0.3 is 9.73 Å². The van der Waals surface area contributed by atoms with E-state index in [0.717, 1.165) is 10.4 Å². The molecule has 6 heteroatoms. The fourth-order valence-corrected chi connectivity index (χ4v) is 3.05. The third-order valence-electron chi connectivity index (χ3n) is 3.37. The van der Waals surface area contributed by atoms with Crippen LogP contribution in [0.2, 0.25) is 0 Å². The zero-order valence-corrected chi connectivity index (χ0v) is 13.4. The molecule has 1 N–H and O–H groups in total. The van der Waals surface area contributed by atoms with Gasteiger partial charge in [-0.15, -0.1) is 11.3 Å². The maximum Gasteiger partial charge on any atom is 0.238 e. The van der Waals surface area contributed by atoms with Crippen molar-refractivity contribution < 1.29 is 18.4 Å². The Morgan fingerprint density at radius 3 is 2.58 bits per heavy atom. The van der Waals surface area contributed by atoms with Crippen molar-refractivity contribution in [2.45, 2.75) is 13.0 Å². The molecule has 0 saturated carbocycles. The summed E-state index contributed by atoms with van der Waals surface area (Å²) in [6.45, 7) is 0.343. The Hall–Kier alpha value is -2.73. The predicted molar refractivity (Wildman–Crippen MR) is 88.4 cm³/mol. The molecule has 1 aromatic carbocycles. The van der Waals surface area contributed by atoms with E-state index in [-0.39, 0.29) is 23.9 Å². The molecule has 122 valence electrons. The molecule has 0 spiro atoms. The molecule has 0 bridgehead atoms. The molecule has 2 heterocycles. The van der Waals surface area contributed by atoms with Crippen LogP contribution < -0.4 is 5.32 Å². The van der Waals surface area contributed by atoms with Crippen molar-refractivity contribution in [1.82, 2.24) is 5.32 Å². The lowest BCUT2D eigenvalue weighted by Gasteiger charge is -2.04. The fourth-order valence-electron chi connectivity index (χ4n) is 2.16. The minimum Gasteiger partial charge on any atom is -0.461 e. The minimum absolute atomic E-state index is 0.158. The zero-order chi connectivity index (χ0) is 16.9. The number of halogens is 1. The van der Waals surface area contributed by atoms with Crippen LogP contribution in [0.3, 0.4) is 0 Å². The van der Waals surface area contributed by atoms with E-state index >= 15 is 0 Å². The van der Waals surface area contributed by atoms with Crippen molar-refractivity contribution in [2.75, 3.05) is 0 Å². The molecule has 1 amide bonds. The normalized spacial score (nSPS) is 10.5. The lowest BCUT2D eigenvalue weighted by molar-refractivity contribution is -0.120. The van der Waals surface area contributed by atoms with E-state index < -0.39 is 0 Å². The number of furan rings is 1. The SMILES string of the molecule is O=C(Cc1ccc(F)cc1)NCc1ccc(C(=O)c2ccco2)s1. The number of carbonyl (C=O) groups excluding carboxylic acids is 2. The van der Waals surface area contributed by atoms with E-state index in [9.17, 15) is 14.0 Å². The Morgan fingerprint density at radius 2 is 1.88 bits per heavy atom. The highest BCUT2D eigenvalue weighted by Gasteiger charge is 2.14. The second-order valence-corrected chi connectivity index (χ2v) is 6.32. The molecule has 2 aromatic heterocycles. The van der Waals surface area contributed by atoms with Gasteiger partial charge in [-0.25, -0.2) is 4.39 Å².